The largest absolute Gasteiger partial charge is 0.435 e. The van der Waals surface area contributed by atoms with Crippen LogP contribution in [-0.4, -0.2) is 31.7 Å². The molecule has 0 spiro atoms. The van der Waals surface area contributed by atoms with Crippen molar-refractivity contribution in [3.8, 4) is 5.75 Å². The molecule has 1 heterocycles. The normalized spacial score (nSPS) is 18.5. The van der Waals surface area contributed by atoms with Crippen LogP contribution in [0.3, 0.4) is 0 Å². The molecule has 0 aromatic heterocycles. The molecule has 1 aromatic carbocycles. The minimum atomic E-state index is -2.89. The number of carbonyl (C=O) groups is 1. The standard InChI is InChI=1S/C15H20F2N2O2/c16-15(17)21-13-6-3-4-11(10-13)14(20)19-9-7-12-5-1-2-8-18-12/h3-4,6,10,12,15,18H,1-2,5,7-9H2,(H,19,20). The van der Waals surface area contributed by atoms with Gasteiger partial charge in [-0.25, -0.2) is 0 Å². The fourth-order valence-corrected chi connectivity index (χ4v) is 2.45. The van der Waals surface area contributed by atoms with Crippen LogP contribution in [0.4, 0.5) is 8.78 Å². The van der Waals surface area contributed by atoms with Crippen molar-refractivity contribution in [3.05, 3.63) is 29.8 Å². The van der Waals surface area contributed by atoms with Gasteiger partial charge in [-0.2, -0.15) is 8.78 Å². The summed E-state index contributed by atoms with van der Waals surface area (Å²) in [4.78, 5) is 11.9. The predicted octanol–water partition coefficient (Wildman–Crippen LogP) is 2.55. The first-order chi connectivity index (χ1) is 10.1. The Labute approximate surface area is 122 Å². The molecule has 1 aliphatic heterocycles. The van der Waals surface area contributed by atoms with Gasteiger partial charge in [-0.15, -0.1) is 0 Å². The summed E-state index contributed by atoms with van der Waals surface area (Å²) in [7, 11) is 0. The van der Waals surface area contributed by atoms with Crippen LogP contribution in [0.2, 0.25) is 0 Å². The van der Waals surface area contributed by atoms with Crippen molar-refractivity contribution in [3.63, 3.8) is 0 Å². The van der Waals surface area contributed by atoms with Gasteiger partial charge in [0, 0.05) is 18.2 Å². The second kappa shape index (κ2) is 7.93. The Balaban J connectivity index is 1.79. The van der Waals surface area contributed by atoms with Crippen molar-refractivity contribution in [2.24, 2.45) is 0 Å². The molecule has 1 amide bonds. The molecule has 6 heteroatoms. The van der Waals surface area contributed by atoms with Gasteiger partial charge < -0.3 is 15.4 Å². The number of nitrogens with one attached hydrogen (secondary N) is 2. The van der Waals surface area contributed by atoms with Gasteiger partial charge in [0.2, 0.25) is 0 Å². The lowest BCUT2D eigenvalue weighted by atomic mass is 10.0. The number of alkyl halides is 2. The second-order valence-electron chi connectivity index (χ2n) is 5.10. The molecule has 1 saturated heterocycles. The highest BCUT2D eigenvalue weighted by molar-refractivity contribution is 5.94. The molecule has 2 N–H and O–H groups in total. The van der Waals surface area contributed by atoms with E-state index < -0.39 is 6.61 Å². The molecule has 0 radical (unpaired) electrons. The maximum atomic E-state index is 12.1. The topological polar surface area (TPSA) is 50.4 Å². The van der Waals surface area contributed by atoms with Crippen LogP contribution in [-0.2, 0) is 0 Å². The maximum absolute atomic E-state index is 12.1. The summed E-state index contributed by atoms with van der Waals surface area (Å²) in [5, 5.41) is 6.21. The van der Waals surface area contributed by atoms with Crippen molar-refractivity contribution < 1.29 is 18.3 Å². The molecule has 21 heavy (non-hydrogen) atoms. The first-order valence-electron chi connectivity index (χ1n) is 7.21. The van der Waals surface area contributed by atoms with E-state index in [1.165, 1.54) is 31.0 Å². The summed E-state index contributed by atoms with van der Waals surface area (Å²) in [6.07, 6.45) is 4.44. The molecule has 1 fully saturated rings. The minimum absolute atomic E-state index is 0.00778. The van der Waals surface area contributed by atoms with Crippen LogP contribution >= 0.6 is 0 Å². The lowest BCUT2D eigenvalue weighted by Gasteiger charge is -2.23. The molecule has 2 rings (SSSR count). The highest BCUT2D eigenvalue weighted by Crippen LogP contribution is 2.16. The third-order valence-electron chi connectivity index (χ3n) is 3.51. The van der Waals surface area contributed by atoms with Gasteiger partial charge in [0.05, 0.1) is 0 Å². The van der Waals surface area contributed by atoms with Crippen LogP contribution in [0.5, 0.6) is 5.75 Å². The molecule has 0 aliphatic carbocycles. The number of halogens is 2. The molecule has 1 unspecified atom stereocenters. The van der Waals surface area contributed by atoms with E-state index in [0.717, 1.165) is 19.4 Å². The Bertz CT molecular complexity index is 463. The van der Waals surface area contributed by atoms with Crippen molar-refractivity contribution >= 4 is 5.91 Å². The Kier molecular flexibility index (Phi) is 5.92. The lowest BCUT2D eigenvalue weighted by Crippen LogP contribution is -2.37. The van der Waals surface area contributed by atoms with E-state index in [9.17, 15) is 13.6 Å². The summed E-state index contributed by atoms with van der Waals surface area (Å²) in [5.74, 6) is -0.280. The Morgan fingerprint density at radius 2 is 2.29 bits per heavy atom. The predicted molar refractivity (Wildman–Crippen MR) is 75.7 cm³/mol. The highest BCUT2D eigenvalue weighted by atomic mass is 19.3. The third-order valence-corrected chi connectivity index (χ3v) is 3.51. The SMILES string of the molecule is O=C(NCCC1CCCCN1)c1cccc(OC(F)F)c1. The van der Waals surface area contributed by atoms with E-state index in [1.807, 2.05) is 0 Å². The lowest BCUT2D eigenvalue weighted by molar-refractivity contribution is -0.0498. The second-order valence-corrected chi connectivity index (χ2v) is 5.10. The van der Waals surface area contributed by atoms with E-state index in [0.29, 0.717) is 18.2 Å². The number of hydrogen-bond donors (Lipinski definition) is 2. The number of rotatable bonds is 6. The average Bonchev–Trinajstić information content (AvgIpc) is 2.48. The van der Waals surface area contributed by atoms with Crippen molar-refractivity contribution in [1.82, 2.24) is 10.6 Å². The third kappa shape index (κ3) is 5.30. The molecular weight excluding hydrogens is 278 g/mol. The fraction of sp³-hybridized carbons (Fsp3) is 0.533. The van der Waals surface area contributed by atoms with Crippen molar-refractivity contribution in [2.75, 3.05) is 13.1 Å². The van der Waals surface area contributed by atoms with Gasteiger partial charge in [0.1, 0.15) is 5.75 Å². The molecule has 116 valence electrons. The molecule has 4 nitrogen and oxygen atoms in total. The van der Waals surface area contributed by atoms with Crippen LogP contribution in [0.15, 0.2) is 24.3 Å². The molecule has 1 aromatic rings. The zero-order chi connectivity index (χ0) is 15.1. The van der Waals surface area contributed by atoms with Crippen molar-refractivity contribution in [2.45, 2.75) is 38.3 Å². The number of amides is 1. The van der Waals surface area contributed by atoms with Gasteiger partial charge in [-0.3, -0.25) is 4.79 Å². The molecule has 0 bridgehead atoms. The highest BCUT2D eigenvalue weighted by Gasteiger charge is 2.13. The summed E-state index contributed by atoms with van der Waals surface area (Å²) < 4.78 is 28.5. The summed E-state index contributed by atoms with van der Waals surface area (Å²) in [6.45, 7) is -1.29. The number of piperidine rings is 1. The average molecular weight is 298 g/mol. The summed E-state index contributed by atoms with van der Waals surface area (Å²) in [5.41, 5.74) is 0.324. The van der Waals surface area contributed by atoms with E-state index >= 15 is 0 Å². The smallest absolute Gasteiger partial charge is 0.387 e. The van der Waals surface area contributed by atoms with Gasteiger partial charge in [0.15, 0.2) is 0 Å². The van der Waals surface area contributed by atoms with Crippen LogP contribution in [0, 0.1) is 0 Å². The number of ether oxygens (including phenoxy) is 1. The van der Waals surface area contributed by atoms with E-state index in [4.69, 9.17) is 0 Å². The number of carbonyl (C=O) groups excluding carboxylic acids is 1. The first kappa shape index (κ1) is 15.7. The van der Waals surface area contributed by atoms with Crippen LogP contribution in [0.25, 0.3) is 0 Å². The number of hydrogen-bond acceptors (Lipinski definition) is 3. The Hall–Kier alpha value is -1.69. The molecule has 1 aliphatic rings. The molecule has 1 atom stereocenters. The monoisotopic (exact) mass is 298 g/mol. The van der Waals surface area contributed by atoms with E-state index in [2.05, 4.69) is 15.4 Å². The maximum Gasteiger partial charge on any atom is 0.387 e. The first-order valence-corrected chi connectivity index (χ1v) is 7.21. The molecular formula is C15H20F2N2O2. The van der Waals surface area contributed by atoms with Crippen LogP contribution in [0.1, 0.15) is 36.0 Å². The van der Waals surface area contributed by atoms with Crippen LogP contribution < -0.4 is 15.4 Å². The Morgan fingerprint density at radius 1 is 1.43 bits per heavy atom. The van der Waals surface area contributed by atoms with Gasteiger partial charge >= 0.3 is 6.61 Å². The molecule has 0 saturated carbocycles. The zero-order valence-electron chi connectivity index (χ0n) is 11.8. The van der Waals surface area contributed by atoms with Gasteiger partial charge in [-0.1, -0.05) is 12.5 Å². The van der Waals surface area contributed by atoms with Gasteiger partial charge in [0.25, 0.3) is 5.91 Å². The van der Waals surface area contributed by atoms with E-state index in [-0.39, 0.29) is 11.7 Å². The summed E-state index contributed by atoms with van der Waals surface area (Å²) >= 11 is 0. The van der Waals surface area contributed by atoms with Gasteiger partial charge in [-0.05, 0) is 44.0 Å². The number of benzene rings is 1. The van der Waals surface area contributed by atoms with E-state index in [1.54, 1.807) is 6.07 Å². The quantitative estimate of drug-likeness (QED) is 0.848. The minimum Gasteiger partial charge on any atom is -0.435 e. The van der Waals surface area contributed by atoms with Crippen molar-refractivity contribution in [1.29, 1.82) is 0 Å². The summed E-state index contributed by atoms with van der Waals surface area (Å²) in [6, 6.07) is 6.27. The Morgan fingerprint density at radius 3 is 3.00 bits per heavy atom. The fourth-order valence-electron chi connectivity index (χ4n) is 2.45. The zero-order valence-corrected chi connectivity index (χ0v) is 11.8.